The van der Waals surface area contributed by atoms with Crippen LogP contribution in [0.2, 0.25) is 0 Å². The Hall–Kier alpha value is -0.280. The molecule has 2 N–H and O–H groups in total. The molecule has 0 amide bonds. The number of halogens is 1. The second kappa shape index (κ2) is 8.72. The highest BCUT2D eigenvalue weighted by atomic mass is 35.5. The predicted octanol–water partition coefficient (Wildman–Crippen LogP) is 0.882. The minimum Gasteiger partial charge on any atom is -0.481 e. The molecule has 0 aromatic rings. The van der Waals surface area contributed by atoms with E-state index in [1.165, 1.54) is 0 Å². The van der Waals surface area contributed by atoms with Crippen molar-refractivity contribution in [2.45, 2.75) is 19.3 Å². The van der Waals surface area contributed by atoms with Gasteiger partial charge in [-0.05, 0) is 26.4 Å². The molecule has 0 atom stereocenters. The molecule has 0 radical (unpaired) electrons. The van der Waals surface area contributed by atoms with E-state index in [9.17, 15) is 4.79 Å². The van der Waals surface area contributed by atoms with E-state index in [4.69, 9.17) is 5.11 Å². The van der Waals surface area contributed by atoms with Crippen LogP contribution in [0.15, 0.2) is 0 Å². The van der Waals surface area contributed by atoms with E-state index in [2.05, 4.69) is 5.32 Å². The Bertz CT molecular complexity index is 87.8. The third-order valence-corrected chi connectivity index (χ3v) is 1.07. The number of unbranched alkanes of at least 4 members (excludes halogenated alkanes) is 1. The molecule has 0 aliphatic rings. The van der Waals surface area contributed by atoms with Gasteiger partial charge in [0.2, 0.25) is 0 Å². The number of carboxylic acids is 1. The smallest absolute Gasteiger partial charge is 0.303 e. The van der Waals surface area contributed by atoms with Gasteiger partial charge in [0.05, 0.1) is 0 Å². The van der Waals surface area contributed by atoms with Gasteiger partial charge in [0.15, 0.2) is 0 Å². The second-order valence-electron chi connectivity index (χ2n) is 1.95. The van der Waals surface area contributed by atoms with Gasteiger partial charge in [0.1, 0.15) is 0 Å². The van der Waals surface area contributed by atoms with E-state index >= 15 is 0 Å². The van der Waals surface area contributed by atoms with E-state index in [1.807, 2.05) is 7.05 Å². The SMILES string of the molecule is CNCCCCC(=O)O.Cl. The van der Waals surface area contributed by atoms with Gasteiger partial charge in [-0.2, -0.15) is 0 Å². The van der Waals surface area contributed by atoms with Crippen LogP contribution in [-0.4, -0.2) is 24.7 Å². The molecule has 0 fully saturated rings. The van der Waals surface area contributed by atoms with E-state index in [1.54, 1.807) is 0 Å². The van der Waals surface area contributed by atoms with Crippen molar-refractivity contribution in [3.63, 3.8) is 0 Å². The van der Waals surface area contributed by atoms with Gasteiger partial charge in [-0.25, -0.2) is 0 Å². The molecule has 0 aliphatic carbocycles. The lowest BCUT2D eigenvalue weighted by Gasteiger charge is -1.94. The summed E-state index contributed by atoms with van der Waals surface area (Å²) in [5.74, 6) is -0.703. The zero-order valence-electron chi connectivity index (χ0n) is 6.09. The van der Waals surface area contributed by atoms with Crippen LogP contribution in [-0.2, 0) is 4.79 Å². The average Bonchev–Trinajstić information content (AvgIpc) is 1.80. The summed E-state index contributed by atoms with van der Waals surface area (Å²) in [6.45, 7) is 0.910. The second-order valence-corrected chi connectivity index (χ2v) is 1.95. The minimum atomic E-state index is -0.703. The van der Waals surface area contributed by atoms with Gasteiger partial charge < -0.3 is 10.4 Å². The molecule has 4 heteroatoms. The van der Waals surface area contributed by atoms with Crippen LogP contribution in [0, 0.1) is 0 Å². The molecule has 3 nitrogen and oxygen atoms in total. The number of carboxylic acid groups (broad SMARTS) is 1. The summed E-state index contributed by atoms with van der Waals surface area (Å²) in [6.07, 6.45) is 2.01. The number of rotatable bonds is 5. The number of nitrogens with one attached hydrogen (secondary N) is 1. The first-order chi connectivity index (χ1) is 4.27. The maximum absolute atomic E-state index is 9.94. The molecular weight excluding hydrogens is 154 g/mol. The lowest BCUT2D eigenvalue weighted by atomic mass is 10.2. The molecule has 0 bridgehead atoms. The van der Waals surface area contributed by atoms with Gasteiger partial charge in [-0.1, -0.05) is 0 Å². The molecule has 0 saturated heterocycles. The van der Waals surface area contributed by atoms with Crippen molar-refractivity contribution in [2.75, 3.05) is 13.6 Å². The van der Waals surface area contributed by atoms with Crippen LogP contribution in [0.4, 0.5) is 0 Å². The normalized spacial score (nSPS) is 8.50. The van der Waals surface area contributed by atoms with E-state index in [-0.39, 0.29) is 12.4 Å². The molecule has 0 aromatic carbocycles. The van der Waals surface area contributed by atoms with Crippen LogP contribution in [0.1, 0.15) is 19.3 Å². The highest BCUT2D eigenvalue weighted by molar-refractivity contribution is 5.85. The lowest BCUT2D eigenvalue weighted by molar-refractivity contribution is -0.137. The summed E-state index contributed by atoms with van der Waals surface area (Å²) in [5.41, 5.74) is 0. The van der Waals surface area contributed by atoms with Crippen LogP contribution in [0.3, 0.4) is 0 Å². The molecule has 0 spiro atoms. The predicted molar refractivity (Wildman–Crippen MR) is 42.7 cm³/mol. The lowest BCUT2D eigenvalue weighted by Crippen LogP contribution is -2.07. The zero-order chi connectivity index (χ0) is 7.11. The Morgan fingerprint density at radius 1 is 1.50 bits per heavy atom. The summed E-state index contributed by atoms with van der Waals surface area (Å²) in [7, 11) is 1.86. The number of hydrogen-bond donors (Lipinski definition) is 2. The monoisotopic (exact) mass is 167 g/mol. The van der Waals surface area contributed by atoms with Crippen molar-refractivity contribution in [1.29, 1.82) is 0 Å². The van der Waals surface area contributed by atoms with Crippen molar-refractivity contribution in [3.8, 4) is 0 Å². The Morgan fingerprint density at radius 3 is 2.50 bits per heavy atom. The van der Waals surface area contributed by atoms with Crippen LogP contribution in [0.5, 0.6) is 0 Å². The molecule has 0 aromatic heterocycles. The van der Waals surface area contributed by atoms with Crippen LogP contribution < -0.4 is 5.32 Å². The first kappa shape index (κ1) is 12.4. The molecule has 0 heterocycles. The van der Waals surface area contributed by atoms with Gasteiger partial charge >= 0.3 is 5.97 Å². The highest BCUT2D eigenvalue weighted by Crippen LogP contribution is 1.92. The molecule has 0 aliphatic heterocycles. The molecule has 0 unspecified atom stereocenters. The first-order valence-corrected chi connectivity index (χ1v) is 3.13. The number of aliphatic carboxylic acids is 1. The topological polar surface area (TPSA) is 49.3 Å². The fraction of sp³-hybridized carbons (Fsp3) is 0.833. The third kappa shape index (κ3) is 10.7. The van der Waals surface area contributed by atoms with Crippen molar-refractivity contribution < 1.29 is 9.90 Å². The molecule has 10 heavy (non-hydrogen) atoms. The zero-order valence-corrected chi connectivity index (χ0v) is 6.91. The maximum Gasteiger partial charge on any atom is 0.303 e. The largest absolute Gasteiger partial charge is 0.481 e. The number of hydrogen-bond acceptors (Lipinski definition) is 2. The molecule has 0 rings (SSSR count). The summed E-state index contributed by atoms with van der Waals surface area (Å²) in [6, 6.07) is 0. The Morgan fingerprint density at radius 2 is 2.10 bits per heavy atom. The third-order valence-electron chi connectivity index (χ3n) is 1.07. The van der Waals surface area contributed by atoms with Crippen molar-refractivity contribution in [1.82, 2.24) is 5.32 Å². The number of carbonyl (C=O) groups is 1. The maximum atomic E-state index is 9.94. The van der Waals surface area contributed by atoms with Gasteiger partial charge in [-0.3, -0.25) is 4.79 Å². The summed E-state index contributed by atoms with van der Waals surface area (Å²) < 4.78 is 0. The fourth-order valence-electron chi connectivity index (χ4n) is 0.578. The molecule has 62 valence electrons. The fourth-order valence-corrected chi connectivity index (χ4v) is 0.578. The van der Waals surface area contributed by atoms with Crippen LogP contribution >= 0.6 is 12.4 Å². The van der Waals surface area contributed by atoms with Crippen molar-refractivity contribution in [3.05, 3.63) is 0 Å². The van der Waals surface area contributed by atoms with Crippen molar-refractivity contribution in [2.24, 2.45) is 0 Å². The summed E-state index contributed by atoms with van der Waals surface area (Å²) >= 11 is 0. The van der Waals surface area contributed by atoms with Gasteiger partial charge in [0.25, 0.3) is 0 Å². The highest BCUT2D eigenvalue weighted by Gasteiger charge is 1.93. The first-order valence-electron chi connectivity index (χ1n) is 3.13. The summed E-state index contributed by atoms with van der Waals surface area (Å²) in [4.78, 5) is 9.94. The minimum absolute atomic E-state index is 0. The van der Waals surface area contributed by atoms with E-state index in [0.29, 0.717) is 6.42 Å². The Kier molecular flexibility index (Phi) is 10.8. The summed E-state index contributed by atoms with van der Waals surface area (Å²) in [5, 5.41) is 11.1. The van der Waals surface area contributed by atoms with Crippen LogP contribution in [0.25, 0.3) is 0 Å². The van der Waals surface area contributed by atoms with Gasteiger partial charge in [0, 0.05) is 6.42 Å². The van der Waals surface area contributed by atoms with Gasteiger partial charge in [-0.15, -0.1) is 12.4 Å². The Labute approximate surface area is 67.2 Å². The van der Waals surface area contributed by atoms with Crippen molar-refractivity contribution >= 4 is 18.4 Å². The molecular formula is C6H14ClNO2. The Balaban J connectivity index is 0. The molecule has 0 saturated carbocycles. The van der Waals surface area contributed by atoms with E-state index < -0.39 is 5.97 Å². The quantitative estimate of drug-likeness (QED) is 0.598. The van der Waals surface area contributed by atoms with E-state index in [0.717, 1.165) is 19.4 Å². The standard InChI is InChI=1S/C6H13NO2.ClH/c1-7-5-3-2-4-6(8)9;/h7H,2-5H2,1H3,(H,8,9);1H. The average molecular weight is 168 g/mol.